The Labute approximate surface area is 312 Å². The van der Waals surface area contributed by atoms with Crippen LogP contribution in [0.5, 0.6) is 0 Å². The van der Waals surface area contributed by atoms with Gasteiger partial charge in [-0.3, -0.25) is 4.57 Å². The topological polar surface area (TPSA) is 29.3 Å². The summed E-state index contributed by atoms with van der Waals surface area (Å²) in [6.07, 6.45) is 0. The van der Waals surface area contributed by atoms with E-state index in [0.717, 1.165) is 17.2 Å². The van der Waals surface area contributed by atoms with Crippen LogP contribution in [0.25, 0.3) is 84.7 Å². The van der Waals surface area contributed by atoms with E-state index in [1.807, 2.05) is 22.7 Å². The van der Waals surface area contributed by atoms with Gasteiger partial charge < -0.3 is 5.32 Å². The summed E-state index contributed by atoms with van der Waals surface area (Å²) < 4.78 is 6.33. The van der Waals surface area contributed by atoms with E-state index in [4.69, 9.17) is 4.99 Å². The Morgan fingerprint density at radius 3 is 1.92 bits per heavy atom. The second-order valence-corrected chi connectivity index (χ2v) is 16.0. The molecule has 0 aliphatic carbocycles. The van der Waals surface area contributed by atoms with Crippen molar-refractivity contribution >= 4 is 108 Å². The van der Waals surface area contributed by atoms with E-state index in [1.165, 1.54) is 89.7 Å². The number of aromatic nitrogens is 1. The zero-order valence-corrected chi connectivity index (χ0v) is 30.0. The van der Waals surface area contributed by atoms with Gasteiger partial charge in [-0.25, -0.2) is 4.99 Å². The van der Waals surface area contributed by atoms with Gasteiger partial charge in [0.05, 0.1) is 21.6 Å². The molecule has 248 valence electrons. The number of hydrogen-bond donors (Lipinski definition) is 1. The fraction of sp³-hybridized carbons (Fsp3) is 0.0208. The van der Waals surface area contributed by atoms with E-state index < -0.39 is 0 Å². The Bertz CT molecular complexity index is 3330. The monoisotopic (exact) mass is 711 g/mol. The molecule has 0 fully saturated rings. The number of para-hydroxylation sites is 1. The lowest BCUT2D eigenvalue weighted by Gasteiger charge is -2.26. The lowest BCUT2D eigenvalue weighted by atomic mass is 9.91. The Morgan fingerprint density at radius 1 is 0.491 bits per heavy atom. The van der Waals surface area contributed by atoms with Gasteiger partial charge in [-0.2, -0.15) is 0 Å². The van der Waals surface area contributed by atoms with Crippen molar-refractivity contribution in [1.82, 2.24) is 4.57 Å². The van der Waals surface area contributed by atoms with Crippen LogP contribution >= 0.6 is 22.7 Å². The lowest BCUT2D eigenvalue weighted by molar-refractivity contribution is 0.881. The zero-order chi connectivity index (χ0) is 34.6. The molecule has 12 rings (SSSR count). The van der Waals surface area contributed by atoms with Gasteiger partial charge in [-0.15, -0.1) is 22.7 Å². The summed E-state index contributed by atoms with van der Waals surface area (Å²) in [7, 11) is 0. The van der Waals surface area contributed by atoms with Gasteiger partial charge in [0.2, 0.25) is 5.96 Å². The SMILES string of the molecule is c1ccc(-c2ccc(C3N=C(n4c5ccccc5c5c6c7ccccc7sc6c6ccccc6c54)Nc4c3sc3ccccc43)c3ccccc23)cc1. The van der Waals surface area contributed by atoms with E-state index in [9.17, 15) is 0 Å². The predicted octanol–water partition coefficient (Wildman–Crippen LogP) is 13.8. The van der Waals surface area contributed by atoms with E-state index in [2.05, 4.69) is 174 Å². The number of anilines is 1. The second-order valence-electron chi connectivity index (χ2n) is 13.9. The van der Waals surface area contributed by atoms with Gasteiger partial charge in [0.25, 0.3) is 0 Å². The molecule has 0 radical (unpaired) electrons. The van der Waals surface area contributed by atoms with Gasteiger partial charge in [0, 0.05) is 51.8 Å². The average molecular weight is 712 g/mol. The van der Waals surface area contributed by atoms with Crippen LogP contribution in [0.2, 0.25) is 0 Å². The third-order valence-corrected chi connectivity index (χ3v) is 13.5. The summed E-state index contributed by atoms with van der Waals surface area (Å²) in [4.78, 5) is 7.04. The highest BCUT2D eigenvalue weighted by Gasteiger charge is 2.31. The summed E-state index contributed by atoms with van der Waals surface area (Å²) in [6.45, 7) is 0. The Kier molecular flexibility index (Phi) is 6.15. The Morgan fingerprint density at radius 2 is 1.11 bits per heavy atom. The maximum atomic E-state index is 5.80. The third-order valence-electron chi connectivity index (χ3n) is 11.1. The molecule has 1 N–H and O–H groups in total. The number of benzene rings is 8. The molecule has 0 spiro atoms. The molecule has 11 aromatic rings. The highest BCUT2D eigenvalue weighted by Crippen LogP contribution is 2.50. The number of aliphatic imine (C=N–C) groups is 1. The van der Waals surface area contributed by atoms with Crippen LogP contribution in [0.1, 0.15) is 16.5 Å². The normalized spacial score (nSPS) is 14.5. The van der Waals surface area contributed by atoms with Crippen LogP contribution < -0.4 is 5.32 Å². The van der Waals surface area contributed by atoms with Crippen molar-refractivity contribution in [2.75, 3.05) is 5.32 Å². The first kappa shape index (κ1) is 29.3. The quantitative estimate of drug-likeness (QED) is 0.190. The summed E-state index contributed by atoms with van der Waals surface area (Å²) in [5, 5.41) is 15.3. The Hall–Kier alpha value is -6.27. The molecular formula is C48H29N3S2. The van der Waals surface area contributed by atoms with Crippen LogP contribution in [0, 0.1) is 0 Å². The van der Waals surface area contributed by atoms with Crippen LogP contribution in [0.4, 0.5) is 5.69 Å². The predicted molar refractivity (Wildman–Crippen MR) is 229 cm³/mol. The fourth-order valence-electron chi connectivity index (χ4n) is 8.80. The molecule has 0 saturated heterocycles. The molecule has 8 aromatic carbocycles. The minimum Gasteiger partial charge on any atom is -0.324 e. The number of hydrogen-bond acceptors (Lipinski definition) is 4. The maximum Gasteiger partial charge on any atom is 0.208 e. The molecule has 3 nitrogen and oxygen atoms in total. The maximum absolute atomic E-state index is 5.80. The molecule has 1 aliphatic rings. The van der Waals surface area contributed by atoms with E-state index in [-0.39, 0.29) is 6.04 Å². The molecule has 5 heteroatoms. The molecule has 0 saturated carbocycles. The summed E-state index contributed by atoms with van der Waals surface area (Å²) in [5.74, 6) is 0.845. The molecule has 1 aliphatic heterocycles. The number of fused-ring (bicyclic) bond motifs is 14. The van der Waals surface area contributed by atoms with Crippen molar-refractivity contribution in [3.05, 3.63) is 174 Å². The molecule has 4 heterocycles. The first-order chi connectivity index (χ1) is 26.3. The van der Waals surface area contributed by atoms with E-state index in [1.54, 1.807) is 0 Å². The summed E-state index contributed by atoms with van der Waals surface area (Å²) >= 11 is 3.74. The van der Waals surface area contributed by atoms with Crippen molar-refractivity contribution < 1.29 is 0 Å². The summed E-state index contributed by atoms with van der Waals surface area (Å²) in [5.41, 5.74) is 7.15. The van der Waals surface area contributed by atoms with Crippen molar-refractivity contribution in [3.8, 4) is 11.1 Å². The highest BCUT2D eigenvalue weighted by molar-refractivity contribution is 7.27. The molecule has 53 heavy (non-hydrogen) atoms. The minimum absolute atomic E-state index is 0.207. The molecule has 0 bridgehead atoms. The minimum atomic E-state index is -0.207. The van der Waals surface area contributed by atoms with Gasteiger partial charge >= 0.3 is 0 Å². The molecule has 0 amide bonds. The molecule has 1 unspecified atom stereocenters. The van der Waals surface area contributed by atoms with Gasteiger partial charge in [-0.05, 0) is 45.7 Å². The van der Waals surface area contributed by atoms with E-state index >= 15 is 0 Å². The largest absolute Gasteiger partial charge is 0.324 e. The van der Waals surface area contributed by atoms with Gasteiger partial charge in [-0.1, -0.05) is 146 Å². The standard InChI is InChI=1S/C48H29N3S2/c1-2-14-28(15-3-1)29-26-27-32(31-17-5-4-16-30(29)31)43-47-44(37-22-10-13-25-40(37)53-47)50-48(49-43)51-38-23-11-8-20-35(38)41-42-36-21-9-12-24-39(36)52-46(42)34-19-7-6-18-33(34)45(41)51/h1-27,43H,(H,49,50). The average Bonchev–Trinajstić information content (AvgIpc) is 3.91. The first-order valence-electron chi connectivity index (χ1n) is 18.0. The van der Waals surface area contributed by atoms with Crippen LogP contribution in [0.15, 0.2) is 169 Å². The zero-order valence-electron chi connectivity index (χ0n) is 28.4. The highest BCUT2D eigenvalue weighted by atomic mass is 32.1. The fourth-order valence-corrected chi connectivity index (χ4v) is 11.3. The first-order valence-corrected chi connectivity index (χ1v) is 19.6. The third kappa shape index (κ3) is 4.12. The number of thiophene rings is 2. The second kappa shape index (κ2) is 11.1. The van der Waals surface area contributed by atoms with Crippen molar-refractivity contribution in [2.24, 2.45) is 4.99 Å². The van der Waals surface area contributed by atoms with Crippen LogP contribution in [-0.4, -0.2) is 10.5 Å². The lowest BCUT2D eigenvalue weighted by Crippen LogP contribution is -2.27. The molecule has 1 atom stereocenters. The number of nitrogens with one attached hydrogen (secondary N) is 1. The van der Waals surface area contributed by atoms with Crippen LogP contribution in [-0.2, 0) is 0 Å². The van der Waals surface area contributed by atoms with Crippen molar-refractivity contribution in [2.45, 2.75) is 6.04 Å². The molecule has 3 aromatic heterocycles. The van der Waals surface area contributed by atoms with Gasteiger partial charge in [0.15, 0.2) is 0 Å². The van der Waals surface area contributed by atoms with E-state index in [0.29, 0.717) is 0 Å². The van der Waals surface area contributed by atoms with Gasteiger partial charge in [0.1, 0.15) is 6.04 Å². The van der Waals surface area contributed by atoms with Crippen molar-refractivity contribution in [1.29, 1.82) is 0 Å². The molecular weight excluding hydrogens is 683 g/mol. The Balaban J connectivity index is 1.21. The number of rotatable bonds is 2. The number of nitrogens with zero attached hydrogens (tertiary/aromatic N) is 2. The van der Waals surface area contributed by atoms with Crippen LogP contribution in [0.3, 0.4) is 0 Å². The summed E-state index contributed by atoms with van der Waals surface area (Å²) in [6, 6.07) is 59.4. The van der Waals surface area contributed by atoms with Crippen molar-refractivity contribution in [3.63, 3.8) is 0 Å². The smallest absolute Gasteiger partial charge is 0.208 e.